The summed E-state index contributed by atoms with van der Waals surface area (Å²) < 4.78 is 2.21. The monoisotopic (exact) mass is 423 g/mol. The second-order valence-electron chi connectivity index (χ2n) is 6.77. The van der Waals surface area contributed by atoms with Gasteiger partial charge in [0, 0.05) is 40.9 Å². The van der Waals surface area contributed by atoms with Crippen molar-refractivity contribution in [1.82, 2.24) is 9.55 Å². The zero-order valence-electron chi connectivity index (χ0n) is 14.7. The molecular formula is C20H20Cl3N3O. The van der Waals surface area contributed by atoms with E-state index >= 15 is 0 Å². The van der Waals surface area contributed by atoms with Crippen LogP contribution in [0.3, 0.4) is 0 Å². The average molecular weight is 425 g/mol. The number of rotatable bonds is 5. The fourth-order valence-electron chi connectivity index (χ4n) is 3.68. The highest BCUT2D eigenvalue weighted by molar-refractivity contribution is 6.40. The van der Waals surface area contributed by atoms with Gasteiger partial charge >= 0.3 is 0 Å². The normalized spacial score (nSPS) is 13.6. The number of nitrogens with zero attached hydrogens (tertiary/aromatic N) is 2. The van der Waals surface area contributed by atoms with E-state index in [0.29, 0.717) is 15.1 Å². The standard InChI is InChI=1S/C20H20Cl3N3O/c21-13-5-6-14(16(22)11-13)15-10-12(4-1-2-9-27)19-18(17(15)23)25-20-24-7-3-8-26(19)20/h5-6,10-11,27H,1-4,7-9H2,(H,24,25). The second-order valence-corrected chi connectivity index (χ2v) is 7.99. The van der Waals surface area contributed by atoms with Crippen molar-refractivity contribution >= 4 is 51.8 Å². The Bertz CT molecular complexity index is 1000. The molecule has 0 spiro atoms. The van der Waals surface area contributed by atoms with Gasteiger partial charge in [-0.05, 0) is 49.4 Å². The van der Waals surface area contributed by atoms with Gasteiger partial charge in [0.15, 0.2) is 0 Å². The summed E-state index contributed by atoms with van der Waals surface area (Å²) >= 11 is 19.3. The van der Waals surface area contributed by atoms with Crippen molar-refractivity contribution in [2.75, 3.05) is 18.5 Å². The number of aliphatic hydroxyl groups is 1. The molecule has 2 aromatic carbocycles. The molecule has 0 unspecified atom stereocenters. The number of hydrogen-bond donors (Lipinski definition) is 2. The van der Waals surface area contributed by atoms with Gasteiger partial charge in [0.25, 0.3) is 0 Å². The van der Waals surface area contributed by atoms with Crippen LogP contribution in [-0.2, 0) is 13.0 Å². The number of benzene rings is 2. The van der Waals surface area contributed by atoms with E-state index in [1.54, 1.807) is 6.07 Å². The number of halogens is 3. The SMILES string of the molecule is OCCCCc1cc(-c2ccc(Cl)cc2Cl)c(Cl)c2nc3n(c12)CCCN3. The number of hydrogen-bond acceptors (Lipinski definition) is 3. The molecule has 2 heterocycles. The number of unbranched alkanes of at least 4 members (excludes halogenated alkanes) is 1. The minimum atomic E-state index is 0.193. The van der Waals surface area contributed by atoms with Crippen molar-refractivity contribution in [3.05, 3.63) is 44.9 Å². The topological polar surface area (TPSA) is 50.1 Å². The summed E-state index contributed by atoms with van der Waals surface area (Å²) in [5, 5.41) is 14.3. The molecule has 7 heteroatoms. The first-order valence-electron chi connectivity index (χ1n) is 9.12. The van der Waals surface area contributed by atoms with Crippen molar-refractivity contribution in [3.8, 4) is 11.1 Å². The van der Waals surface area contributed by atoms with Gasteiger partial charge in [-0.1, -0.05) is 40.9 Å². The van der Waals surface area contributed by atoms with Crippen molar-refractivity contribution in [2.45, 2.75) is 32.2 Å². The van der Waals surface area contributed by atoms with Crippen molar-refractivity contribution in [3.63, 3.8) is 0 Å². The largest absolute Gasteiger partial charge is 0.396 e. The maximum absolute atomic E-state index is 9.17. The molecule has 142 valence electrons. The van der Waals surface area contributed by atoms with Gasteiger partial charge in [-0.15, -0.1) is 0 Å². The molecule has 0 saturated heterocycles. The molecule has 0 radical (unpaired) electrons. The van der Waals surface area contributed by atoms with E-state index in [9.17, 15) is 5.11 Å². The van der Waals surface area contributed by atoms with Gasteiger partial charge in [0.05, 0.1) is 10.5 Å². The number of aryl methyl sites for hydroxylation is 2. The Balaban J connectivity index is 1.93. The van der Waals surface area contributed by atoms with E-state index in [-0.39, 0.29) is 6.61 Å². The molecule has 0 aliphatic carbocycles. The molecule has 0 atom stereocenters. The summed E-state index contributed by atoms with van der Waals surface area (Å²) in [6, 6.07) is 7.54. The molecule has 1 aliphatic heterocycles. The molecule has 3 aromatic rings. The fraction of sp³-hybridized carbons (Fsp3) is 0.350. The Labute approximate surface area is 173 Å². The molecule has 27 heavy (non-hydrogen) atoms. The first-order valence-corrected chi connectivity index (χ1v) is 10.3. The summed E-state index contributed by atoms with van der Waals surface area (Å²) in [4.78, 5) is 4.78. The lowest BCUT2D eigenvalue weighted by Gasteiger charge is -2.18. The van der Waals surface area contributed by atoms with Crippen LogP contribution in [0.4, 0.5) is 5.95 Å². The van der Waals surface area contributed by atoms with Crippen LogP contribution in [0.5, 0.6) is 0 Å². The third-order valence-electron chi connectivity index (χ3n) is 4.95. The molecule has 0 bridgehead atoms. The van der Waals surface area contributed by atoms with Crippen molar-refractivity contribution in [1.29, 1.82) is 0 Å². The molecule has 1 aromatic heterocycles. The Kier molecular flexibility index (Phi) is 5.51. The molecule has 0 amide bonds. The van der Waals surface area contributed by atoms with Crippen LogP contribution in [0.15, 0.2) is 24.3 Å². The third kappa shape index (κ3) is 3.52. The van der Waals surface area contributed by atoms with Gasteiger partial charge in [-0.3, -0.25) is 0 Å². The minimum Gasteiger partial charge on any atom is -0.396 e. The zero-order chi connectivity index (χ0) is 19.0. The van der Waals surface area contributed by atoms with Crippen LogP contribution in [0, 0.1) is 0 Å². The molecular weight excluding hydrogens is 405 g/mol. The molecule has 2 N–H and O–H groups in total. The average Bonchev–Trinajstić information content (AvgIpc) is 3.05. The number of nitrogens with one attached hydrogen (secondary N) is 1. The highest BCUT2D eigenvalue weighted by Crippen LogP contribution is 2.41. The number of imidazole rings is 1. The van der Waals surface area contributed by atoms with Gasteiger partial charge in [-0.25, -0.2) is 4.98 Å². The van der Waals surface area contributed by atoms with Crippen LogP contribution < -0.4 is 5.32 Å². The smallest absolute Gasteiger partial charge is 0.203 e. The summed E-state index contributed by atoms with van der Waals surface area (Å²) in [6.45, 7) is 2.03. The van der Waals surface area contributed by atoms with E-state index < -0.39 is 0 Å². The van der Waals surface area contributed by atoms with E-state index in [4.69, 9.17) is 39.8 Å². The second kappa shape index (κ2) is 7.88. The third-order valence-corrected chi connectivity index (χ3v) is 5.88. The zero-order valence-corrected chi connectivity index (χ0v) is 17.0. The predicted molar refractivity (Wildman–Crippen MR) is 113 cm³/mol. The molecule has 4 rings (SSSR count). The summed E-state index contributed by atoms with van der Waals surface area (Å²) in [5.74, 6) is 0.862. The van der Waals surface area contributed by atoms with Crippen LogP contribution in [0.1, 0.15) is 24.8 Å². The van der Waals surface area contributed by atoms with Crippen LogP contribution in [0.25, 0.3) is 22.2 Å². The van der Waals surface area contributed by atoms with E-state index in [1.165, 1.54) is 5.56 Å². The lowest BCUT2D eigenvalue weighted by atomic mass is 9.98. The predicted octanol–water partition coefficient (Wildman–Crippen LogP) is 5.79. The summed E-state index contributed by atoms with van der Waals surface area (Å²) in [7, 11) is 0. The van der Waals surface area contributed by atoms with Crippen LogP contribution in [0.2, 0.25) is 15.1 Å². The molecule has 0 fully saturated rings. The lowest BCUT2D eigenvalue weighted by molar-refractivity contribution is 0.284. The minimum absolute atomic E-state index is 0.193. The van der Waals surface area contributed by atoms with Gasteiger partial charge < -0.3 is 15.0 Å². The summed E-state index contributed by atoms with van der Waals surface area (Å²) in [5.41, 5.74) is 4.75. The maximum Gasteiger partial charge on any atom is 0.203 e. The fourth-order valence-corrected chi connectivity index (χ4v) is 4.48. The lowest BCUT2D eigenvalue weighted by Crippen LogP contribution is -2.17. The number of anilines is 1. The number of aromatic nitrogens is 2. The Morgan fingerprint density at radius 3 is 2.74 bits per heavy atom. The van der Waals surface area contributed by atoms with Crippen molar-refractivity contribution in [2.24, 2.45) is 0 Å². The molecule has 0 saturated carbocycles. The van der Waals surface area contributed by atoms with Crippen molar-refractivity contribution < 1.29 is 5.11 Å². The molecule has 1 aliphatic rings. The van der Waals surface area contributed by atoms with Gasteiger partial charge in [0.1, 0.15) is 5.52 Å². The Morgan fingerprint density at radius 1 is 1.11 bits per heavy atom. The summed E-state index contributed by atoms with van der Waals surface area (Å²) in [6.07, 6.45) is 3.56. The Hall–Kier alpha value is -1.46. The maximum atomic E-state index is 9.17. The molecule has 4 nitrogen and oxygen atoms in total. The van der Waals surface area contributed by atoms with E-state index in [0.717, 1.165) is 66.9 Å². The van der Waals surface area contributed by atoms with Gasteiger partial charge in [0.2, 0.25) is 5.95 Å². The quantitative estimate of drug-likeness (QED) is 0.509. The van der Waals surface area contributed by atoms with Gasteiger partial charge in [-0.2, -0.15) is 0 Å². The number of fused-ring (bicyclic) bond motifs is 3. The highest BCUT2D eigenvalue weighted by Gasteiger charge is 2.22. The van der Waals surface area contributed by atoms with Crippen LogP contribution >= 0.6 is 34.8 Å². The first-order chi connectivity index (χ1) is 13.1. The van der Waals surface area contributed by atoms with E-state index in [1.807, 2.05) is 12.1 Å². The number of aliphatic hydroxyl groups excluding tert-OH is 1. The van der Waals surface area contributed by atoms with Crippen LogP contribution in [-0.4, -0.2) is 27.8 Å². The Morgan fingerprint density at radius 2 is 1.96 bits per heavy atom. The first kappa shape index (κ1) is 18.9. The van der Waals surface area contributed by atoms with E-state index in [2.05, 4.69) is 16.0 Å². The highest BCUT2D eigenvalue weighted by atomic mass is 35.5.